The molecule has 1 unspecified atom stereocenters. The van der Waals surface area contributed by atoms with Crippen molar-refractivity contribution >= 4 is 44.5 Å². The highest BCUT2D eigenvalue weighted by molar-refractivity contribution is 9.10. The van der Waals surface area contributed by atoms with E-state index in [4.69, 9.17) is 0 Å². The Morgan fingerprint density at radius 2 is 2.44 bits per heavy atom. The topological polar surface area (TPSA) is 71.1 Å². The standard InChI is InChI=1S/C9H8BrN3O2S/c10-7-2-1-5(3-11-7)12-8(14)6-4-16-9(15)13-6/h1-3,6H,4H2,(H,12,14)(H,13,15). The summed E-state index contributed by atoms with van der Waals surface area (Å²) in [7, 11) is 0. The molecule has 84 valence electrons. The minimum absolute atomic E-state index is 0.158. The molecule has 1 fully saturated rings. The Balaban J connectivity index is 1.97. The molecule has 1 aliphatic heterocycles. The van der Waals surface area contributed by atoms with Crippen LogP contribution < -0.4 is 10.6 Å². The zero-order valence-electron chi connectivity index (χ0n) is 8.07. The van der Waals surface area contributed by atoms with Crippen LogP contribution in [0.4, 0.5) is 10.5 Å². The van der Waals surface area contributed by atoms with Crippen molar-refractivity contribution in [1.82, 2.24) is 10.3 Å². The molecule has 1 aromatic rings. The molecule has 0 aromatic carbocycles. The third-order valence-electron chi connectivity index (χ3n) is 1.98. The fourth-order valence-corrected chi connectivity index (χ4v) is 2.22. The Morgan fingerprint density at radius 3 is 3.00 bits per heavy atom. The van der Waals surface area contributed by atoms with Crippen LogP contribution in [0.25, 0.3) is 0 Å². The van der Waals surface area contributed by atoms with Crippen LogP contribution in [0.1, 0.15) is 0 Å². The lowest BCUT2D eigenvalue weighted by atomic mass is 10.3. The highest BCUT2D eigenvalue weighted by Crippen LogP contribution is 2.15. The largest absolute Gasteiger partial charge is 0.334 e. The number of aromatic nitrogens is 1. The summed E-state index contributed by atoms with van der Waals surface area (Å²) in [5.41, 5.74) is 0.611. The minimum atomic E-state index is -0.457. The normalized spacial score (nSPS) is 19.3. The number of nitrogens with one attached hydrogen (secondary N) is 2. The molecule has 2 heterocycles. The van der Waals surface area contributed by atoms with Gasteiger partial charge in [0.1, 0.15) is 10.6 Å². The van der Waals surface area contributed by atoms with Gasteiger partial charge < -0.3 is 10.6 Å². The molecule has 0 spiro atoms. The number of nitrogens with zero attached hydrogens (tertiary/aromatic N) is 1. The molecule has 0 saturated carbocycles. The fraction of sp³-hybridized carbons (Fsp3) is 0.222. The van der Waals surface area contributed by atoms with Gasteiger partial charge in [0, 0.05) is 5.75 Å². The SMILES string of the molecule is O=C1NC(C(=O)Nc2ccc(Br)nc2)CS1. The Labute approximate surface area is 105 Å². The first-order chi connectivity index (χ1) is 7.65. The number of amides is 2. The summed E-state index contributed by atoms with van der Waals surface area (Å²) in [5, 5.41) is 5.09. The summed E-state index contributed by atoms with van der Waals surface area (Å²) < 4.78 is 0.704. The summed E-state index contributed by atoms with van der Waals surface area (Å²) in [6.45, 7) is 0. The Bertz CT molecular complexity index is 423. The highest BCUT2D eigenvalue weighted by atomic mass is 79.9. The molecular formula is C9H8BrN3O2S. The van der Waals surface area contributed by atoms with Crippen molar-refractivity contribution in [2.24, 2.45) is 0 Å². The van der Waals surface area contributed by atoms with E-state index in [1.54, 1.807) is 18.3 Å². The number of hydrogen-bond donors (Lipinski definition) is 2. The van der Waals surface area contributed by atoms with Gasteiger partial charge in [-0.3, -0.25) is 9.59 Å². The molecule has 1 saturated heterocycles. The van der Waals surface area contributed by atoms with Crippen LogP contribution >= 0.6 is 27.7 Å². The fourth-order valence-electron chi connectivity index (χ4n) is 1.20. The molecule has 0 bridgehead atoms. The Kier molecular flexibility index (Phi) is 3.45. The zero-order valence-corrected chi connectivity index (χ0v) is 10.5. The van der Waals surface area contributed by atoms with E-state index < -0.39 is 6.04 Å². The second kappa shape index (κ2) is 4.84. The highest BCUT2D eigenvalue weighted by Gasteiger charge is 2.27. The molecule has 0 radical (unpaired) electrons. The first-order valence-electron chi connectivity index (χ1n) is 4.51. The maximum Gasteiger partial charge on any atom is 0.279 e. The van der Waals surface area contributed by atoms with Crippen molar-refractivity contribution in [3.8, 4) is 0 Å². The van der Waals surface area contributed by atoms with E-state index in [9.17, 15) is 9.59 Å². The third kappa shape index (κ3) is 2.73. The molecule has 1 atom stereocenters. The van der Waals surface area contributed by atoms with Crippen molar-refractivity contribution < 1.29 is 9.59 Å². The quantitative estimate of drug-likeness (QED) is 0.814. The average molecular weight is 302 g/mol. The number of carbonyl (C=O) groups is 2. The van der Waals surface area contributed by atoms with Crippen molar-refractivity contribution in [3.05, 3.63) is 22.9 Å². The van der Waals surface area contributed by atoms with Crippen molar-refractivity contribution in [2.45, 2.75) is 6.04 Å². The molecule has 1 aromatic heterocycles. The van der Waals surface area contributed by atoms with E-state index in [0.717, 1.165) is 11.8 Å². The van der Waals surface area contributed by atoms with Gasteiger partial charge in [-0.05, 0) is 28.1 Å². The lowest BCUT2D eigenvalue weighted by Gasteiger charge is -2.09. The smallest absolute Gasteiger partial charge is 0.279 e. The number of pyridine rings is 1. The summed E-state index contributed by atoms with van der Waals surface area (Å²) >= 11 is 4.31. The molecule has 7 heteroatoms. The molecule has 2 N–H and O–H groups in total. The van der Waals surface area contributed by atoms with Crippen LogP contribution in [0, 0.1) is 0 Å². The summed E-state index contributed by atoms with van der Waals surface area (Å²) in [6.07, 6.45) is 1.55. The van der Waals surface area contributed by atoms with Crippen LogP contribution in [0.2, 0.25) is 0 Å². The van der Waals surface area contributed by atoms with E-state index >= 15 is 0 Å². The molecule has 2 rings (SSSR count). The number of thioether (sulfide) groups is 1. The molecule has 16 heavy (non-hydrogen) atoms. The van der Waals surface area contributed by atoms with Gasteiger partial charge in [0.25, 0.3) is 5.24 Å². The van der Waals surface area contributed by atoms with E-state index in [2.05, 4.69) is 31.5 Å². The van der Waals surface area contributed by atoms with Gasteiger partial charge in [-0.25, -0.2) is 4.98 Å². The van der Waals surface area contributed by atoms with Crippen molar-refractivity contribution in [1.29, 1.82) is 0 Å². The van der Waals surface area contributed by atoms with Crippen molar-refractivity contribution in [2.75, 3.05) is 11.1 Å². The second-order valence-electron chi connectivity index (χ2n) is 3.15. The Morgan fingerprint density at radius 1 is 1.62 bits per heavy atom. The van der Waals surface area contributed by atoms with Gasteiger partial charge in [-0.2, -0.15) is 0 Å². The first-order valence-corrected chi connectivity index (χ1v) is 6.29. The molecule has 0 aliphatic carbocycles. The summed E-state index contributed by atoms with van der Waals surface area (Å²) in [4.78, 5) is 26.6. The van der Waals surface area contributed by atoms with Gasteiger partial charge in [-0.15, -0.1) is 0 Å². The summed E-state index contributed by atoms with van der Waals surface area (Å²) in [5.74, 6) is 0.247. The zero-order chi connectivity index (χ0) is 11.5. The number of anilines is 1. The van der Waals surface area contributed by atoms with Gasteiger partial charge in [0.15, 0.2) is 0 Å². The number of hydrogen-bond acceptors (Lipinski definition) is 4. The van der Waals surface area contributed by atoms with Gasteiger partial charge in [0.2, 0.25) is 5.91 Å². The Hall–Kier alpha value is -1.08. The maximum atomic E-state index is 11.7. The van der Waals surface area contributed by atoms with Gasteiger partial charge in [-0.1, -0.05) is 11.8 Å². The van der Waals surface area contributed by atoms with E-state index in [0.29, 0.717) is 16.0 Å². The van der Waals surface area contributed by atoms with Crippen LogP contribution in [0.15, 0.2) is 22.9 Å². The molecule has 5 nitrogen and oxygen atoms in total. The van der Waals surface area contributed by atoms with E-state index in [-0.39, 0.29) is 11.1 Å². The lowest BCUT2D eigenvalue weighted by molar-refractivity contribution is -0.117. The average Bonchev–Trinajstić information content (AvgIpc) is 2.68. The third-order valence-corrected chi connectivity index (χ3v) is 3.33. The predicted molar refractivity (Wildman–Crippen MR) is 65.3 cm³/mol. The van der Waals surface area contributed by atoms with E-state index in [1.165, 1.54) is 0 Å². The van der Waals surface area contributed by atoms with Gasteiger partial charge in [0.05, 0.1) is 11.9 Å². The molecular weight excluding hydrogens is 294 g/mol. The number of rotatable bonds is 2. The maximum absolute atomic E-state index is 11.7. The van der Waals surface area contributed by atoms with Crippen molar-refractivity contribution in [3.63, 3.8) is 0 Å². The molecule has 2 amide bonds. The lowest BCUT2D eigenvalue weighted by Crippen LogP contribution is -2.38. The minimum Gasteiger partial charge on any atom is -0.334 e. The summed E-state index contributed by atoms with van der Waals surface area (Å²) in [6, 6.07) is 3.01. The van der Waals surface area contributed by atoms with Crippen LogP contribution in [0.5, 0.6) is 0 Å². The first kappa shape index (κ1) is 11.4. The number of halogens is 1. The predicted octanol–water partition coefficient (Wildman–Crippen LogP) is 1.61. The molecule has 1 aliphatic rings. The van der Waals surface area contributed by atoms with Gasteiger partial charge >= 0.3 is 0 Å². The van der Waals surface area contributed by atoms with Crippen LogP contribution in [0.3, 0.4) is 0 Å². The van der Waals surface area contributed by atoms with Crippen LogP contribution in [-0.2, 0) is 4.79 Å². The van der Waals surface area contributed by atoms with Crippen LogP contribution in [-0.4, -0.2) is 27.9 Å². The van der Waals surface area contributed by atoms with E-state index in [1.807, 2.05) is 0 Å². The number of carbonyl (C=O) groups excluding carboxylic acids is 2. The monoisotopic (exact) mass is 301 g/mol. The second-order valence-corrected chi connectivity index (χ2v) is 4.96.